The SMILES string of the molecule is CC(C)(C(=O)NC(N)=O)[C@@H]1c2ccc(-c3ccc(OC=O)cc3)nc2Oc2c(F)cccc21. The average Bonchev–Trinajstić information content (AvgIpc) is 2.78. The van der Waals surface area contributed by atoms with E-state index in [1.807, 2.05) is 0 Å². The van der Waals surface area contributed by atoms with Gasteiger partial charge in [-0.3, -0.25) is 14.9 Å². The number of amides is 3. The van der Waals surface area contributed by atoms with Gasteiger partial charge in [-0.1, -0.05) is 32.0 Å². The number of rotatable bonds is 5. The Labute approximate surface area is 188 Å². The summed E-state index contributed by atoms with van der Waals surface area (Å²) in [7, 11) is 0. The number of benzene rings is 2. The van der Waals surface area contributed by atoms with Crippen LogP contribution < -0.4 is 20.5 Å². The molecule has 33 heavy (non-hydrogen) atoms. The third-order valence-corrected chi connectivity index (χ3v) is 5.59. The van der Waals surface area contributed by atoms with Crippen LogP contribution >= 0.6 is 0 Å². The van der Waals surface area contributed by atoms with Gasteiger partial charge < -0.3 is 15.2 Å². The summed E-state index contributed by atoms with van der Waals surface area (Å²) in [6.07, 6.45) is 0. The van der Waals surface area contributed by atoms with Gasteiger partial charge in [0.15, 0.2) is 11.6 Å². The fraction of sp³-hybridized carbons (Fsp3) is 0.167. The van der Waals surface area contributed by atoms with E-state index in [0.717, 1.165) is 0 Å². The van der Waals surface area contributed by atoms with Crippen LogP contribution in [0.5, 0.6) is 17.4 Å². The molecule has 0 fully saturated rings. The van der Waals surface area contributed by atoms with Crippen LogP contribution in [0.2, 0.25) is 0 Å². The number of hydrogen-bond donors (Lipinski definition) is 2. The third kappa shape index (κ3) is 4.00. The quantitative estimate of drug-likeness (QED) is 0.570. The van der Waals surface area contributed by atoms with Gasteiger partial charge in [0.05, 0.1) is 11.1 Å². The Kier molecular flexibility index (Phi) is 5.55. The molecule has 3 N–H and O–H groups in total. The lowest BCUT2D eigenvalue weighted by Gasteiger charge is -2.37. The molecule has 2 aromatic carbocycles. The fourth-order valence-electron chi connectivity index (χ4n) is 3.98. The van der Waals surface area contributed by atoms with Crippen molar-refractivity contribution in [2.45, 2.75) is 19.8 Å². The molecule has 0 aliphatic carbocycles. The van der Waals surface area contributed by atoms with E-state index in [9.17, 15) is 18.8 Å². The van der Waals surface area contributed by atoms with Gasteiger partial charge in [0, 0.05) is 22.6 Å². The van der Waals surface area contributed by atoms with E-state index in [4.69, 9.17) is 15.2 Å². The topological polar surface area (TPSA) is 121 Å². The molecule has 4 rings (SSSR count). The maximum atomic E-state index is 14.7. The van der Waals surface area contributed by atoms with E-state index in [-0.39, 0.29) is 11.6 Å². The van der Waals surface area contributed by atoms with Gasteiger partial charge in [0.1, 0.15) is 5.75 Å². The molecular formula is C24H20FN3O5. The van der Waals surface area contributed by atoms with Crippen molar-refractivity contribution in [3.8, 4) is 28.6 Å². The molecule has 0 saturated heterocycles. The summed E-state index contributed by atoms with van der Waals surface area (Å²) in [5.41, 5.74) is 6.20. The molecule has 1 aliphatic heterocycles. The van der Waals surface area contributed by atoms with Crippen molar-refractivity contribution in [1.82, 2.24) is 10.3 Å². The van der Waals surface area contributed by atoms with Crippen LogP contribution in [0, 0.1) is 11.2 Å². The summed E-state index contributed by atoms with van der Waals surface area (Å²) in [5.74, 6) is -1.40. The molecule has 0 spiro atoms. The Hall–Kier alpha value is -4.27. The van der Waals surface area contributed by atoms with E-state index >= 15 is 0 Å². The highest BCUT2D eigenvalue weighted by Gasteiger charge is 2.45. The number of ether oxygens (including phenoxy) is 2. The number of nitrogens with zero attached hydrogens (tertiary/aromatic N) is 1. The number of primary amides is 1. The van der Waals surface area contributed by atoms with E-state index in [2.05, 4.69) is 10.3 Å². The normalized spacial score (nSPS) is 14.3. The molecule has 2 heterocycles. The molecule has 0 bridgehead atoms. The minimum Gasteiger partial charge on any atom is -0.435 e. The molecule has 8 nitrogen and oxygen atoms in total. The minimum atomic E-state index is -1.20. The molecule has 0 unspecified atom stereocenters. The number of urea groups is 1. The fourth-order valence-corrected chi connectivity index (χ4v) is 3.98. The number of imide groups is 1. The minimum absolute atomic E-state index is 0.0330. The van der Waals surface area contributed by atoms with Crippen LogP contribution in [0.15, 0.2) is 54.6 Å². The van der Waals surface area contributed by atoms with Gasteiger partial charge in [0.25, 0.3) is 6.47 Å². The summed E-state index contributed by atoms with van der Waals surface area (Å²) in [4.78, 5) is 39.2. The Balaban J connectivity index is 1.82. The number of fused-ring (bicyclic) bond motifs is 2. The van der Waals surface area contributed by atoms with Gasteiger partial charge in [-0.2, -0.15) is 0 Å². The largest absolute Gasteiger partial charge is 0.435 e. The number of hydrogen-bond acceptors (Lipinski definition) is 6. The number of carbonyl (C=O) groups excluding carboxylic acids is 3. The zero-order valence-corrected chi connectivity index (χ0v) is 17.8. The monoisotopic (exact) mass is 449 g/mol. The van der Waals surface area contributed by atoms with E-state index in [1.165, 1.54) is 12.1 Å². The van der Waals surface area contributed by atoms with Gasteiger partial charge in [0.2, 0.25) is 11.8 Å². The van der Waals surface area contributed by atoms with Crippen molar-refractivity contribution >= 4 is 18.4 Å². The van der Waals surface area contributed by atoms with Crippen LogP contribution in [-0.2, 0) is 9.59 Å². The molecule has 1 aromatic heterocycles. The molecule has 168 valence electrons. The number of nitrogens with two attached hydrogens (primary N) is 1. The third-order valence-electron chi connectivity index (χ3n) is 5.59. The summed E-state index contributed by atoms with van der Waals surface area (Å²) < 4.78 is 25.3. The first-order valence-corrected chi connectivity index (χ1v) is 10.0. The second kappa shape index (κ2) is 8.34. The Bertz CT molecular complexity index is 1260. The van der Waals surface area contributed by atoms with Gasteiger partial charge in [-0.25, -0.2) is 14.2 Å². The molecule has 3 amide bonds. The highest BCUT2D eigenvalue weighted by Crippen LogP contribution is 2.52. The van der Waals surface area contributed by atoms with Crippen molar-refractivity contribution in [1.29, 1.82) is 0 Å². The van der Waals surface area contributed by atoms with Crippen LogP contribution in [0.4, 0.5) is 9.18 Å². The van der Waals surface area contributed by atoms with Crippen molar-refractivity contribution in [3.05, 3.63) is 71.5 Å². The number of aromatic nitrogens is 1. The number of nitrogens with one attached hydrogen (secondary N) is 1. The second-order valence-electron chi connectivity index (χ2n) is 8.06. The summed E-state index contributed by atoms with van der Waals surface area (Å²) in [6, 6.07) is 13.6. The van der Waals surface area contributed by atoms with Crippen molar-refractivity contribution in [3.63, 3.8) is 0 Å². The summed E-state index contributed by atoms with van der Waals surface area (Å²) >= 11 is 0. The summed E-state index contributed by atoms with van der Waals surface area (Å²) in [6.45, 7) is 3.61. The van der Waals surface area contributed by atoms with E-state index in [1.54, 1.807) is 56.3 Å². The van der Waals surface area contributed by atoms with Crippen molar-refractivity contribution in [2.75, 3.05) is 0 Å². The van der Waals surface area contributed by atoms with E-state index < -0.39 is 29.1 Å². The first-order chi connectivity index (χ1) is 15.7. The predicted octanol–water partition coefficient (Wildman–Crippen LogP) is 3.88. The lowest BCUT2D eigenvalue weighted by atomic mass is 9.69. The van der Waals surface area contributed by atoms with Gasteiger partial charge in [-0.15, -0.1) is 0 Å². The highest BCUT2D eigenvalue weighted by molar-refractivity contribution is 5.97. The first kappa shape index (κ1) is 21.9. The predicted molar refractivity (Wildman–Crippen MR) is 116 cm³/mol. The Morgan fingerprint density at radius 1 is 1.12 bits per heavy atom. The molecule has 0 radical (unpaired) electrons. The smallest absolute Gasteiger partial charge is 0.318 e. The lowest BCUT2D eigenvalue weighted by molar-refractivity contribution is -0.128. The van der Waals surface area contributed by atoms with Crippen LogP contribution in [0.3, 0.4) is 0 Å². The average molecular weight is 449 g/mol. The zero-order chi connectivity index (χ0) is 23.8. The Morgan fingerprint density at radius 2 is 1.85 bits per heavy atom. The van der Waals surface area contributed by atoms with Gasteiger partial charge in [-0.05, 0) is 36.4 Å². The maximum absolute atomic E-state index is 14.7. The second-order valence-corrected chi connectivity index (χ2v) is 8.06. The van der Waals surface area contributed by atoms with Crippen molar-refractivity contribution < 1.29 is 28.2 Å². The van der Waals surface area contributed by atoms with Crippen LogP contribution in [0.1, 0.15) is 30.9 Å². The molecule has 9 heteroatoms. The standard InChI is InChI=1S/C24H20FN3O5/c1-24(2,22(30)28-23(26)31)19-15-4-3-5-17(25)20(15)33-21-16(19)10-11-18(27-21)13-6-8-14(9-7-13)32-12-29/h3-12,19H,1-2H3,(H3,26,28,30,31)/t19-/m0/s1. The molecule has 0 saturated carbocycles. The number of pyridine rings is 1. The first-order valence-electron chi connectivity index (χ1n) is 10.0. The lowest BCUT2D eigenvalue weighted by Crippen LogP contribution is -2.46. The molecule has 1 atom stereocenters. The number of carbonyl (C=O) groups is 3. The van der Waals surface area contributed by atoms with Gasteiger partial charge >= 0.3 is 6.03 Å². The van der Waals surface area contributed by atoms with Crippen LogP contribution in [0.25, 0.3) is 11.3 Å². The number of para-hydroxylation sites is 1. The number of halogens is 1. The van der Waals surface area contributed by atoms with Crippen molar-refractivity contribution in [2.24, 2.45) is 11.1 Å². The molecule has 3 aromatic rings. The Morgan fingerprint density at radius 3 is 2.52 bits per heavy atom. The van der Waals surface area contributed by atoms with Crippen LogP contribution in [-0.4, -0.2) is 23.4 Å². The summed E-state index contributed by atoms with van der Waals surface area (Å²) in [5, 5.41) is 2.12. The zero-order valence-electron chi connectivity index (χ0n) is 17.8. The maximum Gasteiger partial charge on any atom is 0.318 e. The highest BCUT2D eigenvalue weighted by atomic mass is 19.1. The molecule has 1 aliphatic rings. The van der Waals surface area contributed by atoms with E-state index in [0.29, 0.717) is 34.6 Å². The molecular weight excluding hydrogens is 429 g/mol.